The van der Waals surface area contributed by atoms with Crippen molar-refractivity contribution < 1.29 is 41.6 Å². The van der Waals surface area contributed by atoms with Gasteiger partial charge in [0.2, 0.25) is 10.0 Å². The van der Waals surface area contributed by atoms with Gasteiger partial charge in [-0.1, -0.05) is 57.9 Å². The van der Waals surface area contributed by atoms with Crippen LogP contribution in [0.25, 0.3) is 0 Å². The fourth-order valence-corrected chi connectivity index (χ4v) is 4.64. The van der Waals surface area contributed by atoms with Crippen molar-refractivity contribution in [3.05, 3.63) is 29.3 Å². The number of unbranched alkanes of at least 4 members (excludes halogenated alkanes) is 7. The zero-order valence-corrected chi connectivity index (χ0v) is 25.1. The summed E-state index contributed by atoms with van der Waals surface area (Å²) in [7, 11) is -3.74. The number of amides is 1. The summed E-state index contributed by atoms with van der Waals surface area (Å²) in [6, 6.07) is 5.37. The fourth-order valence-electron chi connectivity index (χ4n) is 4.20. The Kier molecular flexibility index (Phi) is 18.1. The van der Waals surface area contributed by atoms with Gasteiger partial charge >= 0.3 is 0 Å². The molecule has 0 aliphatic carbocycles. The van der Waals surface area contributed by atoms with E-state index in [4.69, 9.17) is 28.4 Å². The van der Waals surface area contributed by atoms with Crippen molar-refractivity contribution in [2.24, 2.45) is 0 Å². The molecule has 1 amide bonds. The highest BCUT2D eigenvalue weighted by molar-refractivity contribution is 7.89. The Morgan fingerprint density at radius 2 is 1.43 bits per heavy atom. The Hall–Kier alpha value is -1.76. The number of hydrogen-bond donors (Lipinski definition) is 1. The highest BCUT2D eigenvalue weighted by Gasteiger charge is 2.19. The summed E-state index contributed by atoms with van der Waals surface area (Å²) in [6.45, 7) is 6.10. The van der Waals surface area contributed by atoms with Crippen molar-refractivity contribution in [1.82, 2.24) is 4.72 Å². The van der Waals surface area contributed by atoms with E-state index in [-0.39, 0.29) is 24.5 Å². The average molecular weight is 588 g/mol. The van der Waals surface area contributed by atoms with Gasteiger partial charge in [0.05, 0.1) is 71.3 Å². The fraction of sp³-hybridized carbons (Fsp3) is 0.759. The number of carbonyl (C=O) groups excluding carboxylic acids is 1. The van der Waals surface area contributed by atoms with Crippen molar-refractivity contribution in [2.45, 2.75) is 70.8 Å². The Morgan fingerprint density at radius 1 is 0.850 bits per heavy atom. The predicted molar refractivity (Wildman–Crippen MR) is 154 cm³/mol. The van der Waals surface area contributed by atoms with Crippen LogP contribution in [-0.4, -0.2) is 92.8 Å². The highest BCUT2D eigenvalue weighted by atomic mass is 32.2. The maximum absolute atomic E-state index is 12.9. The Morgan fingerprint density at radius 3 is 2.05 bits per heavy atom. The Labute approximate surface area is 240 Å². The first kappa shape index (κ1) is 34.4. The molecule has 230 valence electrons. The van der Waals surface area contributed by atoms with E-state index < -0.39 is 22.0 Å². The number of nitrogens with one attached hydrogen (secondary N) is 1. The van der Waals surface area contributed by atoms with Crippen LogP contribution in [0.15, 0.2) is 18.2 Å². The van der Waals surface area contributed by atoms with Gasteiger partial charge in [0.25, 0.3) is 5.91 Å². The average Bonchev–Trinajstić information content (AvgIpc) is 2.92. The van der Waals surface area contributed by atoms with Crippen LogP contribution in [0.5, 0.6) is 5.75 Å². The molecule has 0 spiro atoms. The second-order valence-electron chi connectivity index (χ2n) is 9.97. The molecule has 1 unspecified atom stereocenters. The van der Waals surface area contributed by atoms with E-state index in [0.717, 1.165) is 31.1 Å². The van der Waals surface area contributed by atoms with Gasteiger partial charge < -0.3 is 28.4 Å². The zero-order chi connectivity index (χ0) is 28.9. The van der Waals surface area contributed by atoms with E-state index in [1.165, 1.54) is 38.5 Å². The van der Waals surface area contributed by atoms with Crippen molar-refractivity contribution in [3.8, 4) is 5.75 Å². The number of hydrogen-bond acceptors (Lipinski definition) is 9. The smallest absolute Gasteiger partial charge is 0.268 e. The summed E-state index contributed by atoms with van der Waals surface area (Å²) in [5, 5.41) is 0. The van der Waals surface area contributed by atoms with E-state index in [1.54, 1.807) is 12.1 Å². The summed E-state index contributed by atoms with van der Waals surface area (Å²) in [6.07, 6.45) is 11.0. The van der Waals surface area contributed by atoms with Gasteiger partial charge in [-0.15, -0.1) is 0 Å². The number of benzene rings is 1. The normalized spacial score (nSPS) is 18.4. The SMILES string of the molecule is CCCCCCCCCCc1ccc(OCC2COCCOCCOCCOCCO2)c(C(=O)NS(C)(=O)=O)c1. The molecule has 11 heteroatoms. The third-order valence-corrected chi connectivity index (χ3v) is 6.87. The lowest BCUT2D eigenvalue weighted by Gasteiger charge is -2.20. The highest BCUT2D eigenvalue weighted by Crippen LogP contribution is 2.23. The van der Waals surface area contributed by atoms with Gasteiger partial charge in [0.1, 0.15) is 18.5 Å². The van der Waals surface area contributed by atoms with E-state index >= 15 is 0 Å². The minimum atomic E-state index is -3.74. The van der Waals surface area contributed by atoms with Gasteiger partial charge in [0, 0.05) is 0 Å². The molecule has 1 saturated heterocycles. The van der Waals surface area contributed by atoms with E-state index in [2.05, 4.69) is 11.6 Å². The molecule has 1 N–H and O–H groups in total. The van der Waals surface area contributed by atoms with Crippen molar-refractivity contribution in [3.63, 3.8) is 0 Å². The van der Waals surface area contributed by atoms with Crippen LogP contribution in [0, 0.1) is 0 Å². The second-order valence-corrected chi connectivity index (χ2v) is 11.7. The molecular formula is C29H49NO9S. The largest absolute Gasteiger partial charge is 0.490 e. The third-order valence-electron chi connectivity index (χ3n) is 6.31. The van der Waals surface area contributed by atoms with E-state index in [0.29, 0.717) is 52.9 Å². The molecule has 0 radical (unpaired) electrons. The molecule has 1 atom stereocenters. The molecule has 0 bridgehead atoms. The van der Waals surface area contributed by atoms with Crippen LogP contribution >= 0.6 is 0 Å². The van der Waals surface area contributed by atoms with Crippen LogP contribution < -0.4 is 9.46 Å². The molecule has 40 heavy (non-hydrogen) atoms. The molecule has 1 aliphatic rings. The van der Waals surface area contributed by atoms with Gasteiger partial charge in [-0.3, -0.25) is 4.79 Å². The van der Waals surface area contributed by atoms with Crippen molar-refractivity contribution >= 4 is 15.9 Å². The van der Waals surface area contributed by atoms with Crippen LogP contribution in [0.1, 0.15) is 74.2 Å². The first-order valence-electron chi connectivity index (χ1n) is 14.6. The monoisotopic (exact) mass is 587 g/mol. The molecule has 0 aromatic heterocycles. The zero-order valence-electron chi connectivity index (χ0n) is 24.3. The van der Waals surface area contributed by atoms with Crippen LogP contribution in [-0.2, 0) is 40.1 Å². The number of rotatable bonds is 14. The first-order valence-corrected chi connectivity index (χ1v) is 16.5. The summed E-state index contributed by atoms with van der Waals surface area (Å²) in [5.41, 5.74) is 1.14. The lowest BCUT2D eigenvalue weighted by molar-refractivity contribution is -0.0606. The summed E-state index contributed by atoms with van der Waals surface area (Å²) in [5.74, 6) is -0.431. The molecule has 1 aromatic rings. The topological polar surface area (TPSA) is 119 Å². The standard InChI is InChI=1S/C29H49NO9S/c1-3-4-5-6-7-8-9-10-11-25-12-13-28(27(22-25)29(31)30-40(2,32)33)39-24-26-23-37-19-18-35-15-14-34-16-17-36-20-21-38-26/h12-13,22,26H,3-11,14-21,23-24H2,1-2H3,(H,30,31). The maximum Gasteiger partial charge on any atom is 0.268 e. The molecule has 0 saturated carbocycles. The molecule has 10 nitrogen and oxygen atoms in total. The summed E-state index contributed by atoms with van der Waals surface area (Å²) < 4.78 is 59.6. The molecule has 1 aromatic carbocycles. The molecular weight excluding hydrogens is 538 g/mol. The lowest BCUT2D eigenvalue weighted by Crippen LogP contribution is -2.31. The van der Waals surface area contributed by atoms with Crippen molar-refractivity contribution in [2.75, 3.05) is 72.3 Å². The Balaban J connectivity index is 1.97. The van der Waals surface area contributed by atoms with Gasteiger partial charge in [-0.2, -0.15) is 0 Å². The van der Waals surface area contributed by atoms with Gasteiger partial charge in [-0.05, 0) is 30.5 Å². The van der Waals surface area contributed by atoms with Gasteiger partial charge in [0.15, 0.2) is 0 Å². The lowest BCUT2D eigenvalue weighted by atomic mass is 10.0. The van der Waals surface area contributed by atoms with Crippen LogP contribution in [0.3, 0.4) is 0 Å². The first-order chi connectivity index (χ1) is 19.4. The summed E-state index contributed by atoms with van der Waals surface area (Å²) >= 11 is 0. The molecule has 1 fully saturated rings. The minimum absolute atomic E-state index is 0.112. The molecule has 1 aliphatic heterocycles. The molecule has 2 rings (SSSR count). The van der Waals surface area contributed by atoms with E-state index in [9.17, 15) is 13.2 Å². The number of ether oxygens (including phenoxy) is 6. The number of sulfonamides is 1. The van der Waals surface area contributed by atoms with E-state index in [1.807, 2.05) is 6.07 Å². The summed E-state index contributed by atoms with van der Waals surface area (Å²) in [4.78, 5) is 12.9. The number of carbonyl (C=O) groups is 1. The second kappa shape index (κ2) is 21.0. The molecule has 1 heterocycles. The number of aryl methyl sites for hydroxylation is 1. The van der Waals surface area contributed by atoms with Crippen LogP contribution in [0.4, 0.5) is 0 Å². The maximum atomic E-state index is 12.9. The van der Waals surface area contributed by atoms with Gasteiger partial charge in [-0.25, -0.2) is 13.1 Å². The minimum Gasteiger partial charge on any atom is -0.490 e. The Bertz CT molecular complexity index is 910. The van der Waals surface area contributed by atoms with Crippen LogP contribution in [0.2, 0.25) is 0 Å². The predicted octanol–water partition coefficient (Wildman–Crippen LogP) is 3.90. The third kappa shape index (κ3) is 16.5. The van der Waals surface area contributed by atoms with Crippen molar-refractivity contribution in [1.29, 1.82) is 0 Å². The quantitative estimate of drug-likeness (QED) is 0.323.